The summed E-state index contributed by atoms with van der Waals surface area (Å²) in [4.78, 5) is 8.80. The van der Waals surface area contributed by atoms with Crippen molar-refractivity contribution in [2.45, 2.75) is 0 Å². The zero-order chi connectivity index (χ0) is 11.6. The van der Waals surface area contributed by atoms with Crippen LogP contribution in [0.1, 0.15) is 0 Å². The van der Waals surface area contributed by atoms with E-state index in [-0.39, 0.29) is 26.4 Å². The molecule has 0 aromatic carbocycles. The molecule has 0 bridgehead atoms. The van der Waals surface area contributed by atoms with Crippen LogP contribution in [0.3, 0.4) is 0 Å². The number of rotatable bonds is 10. The highest BCUT2D eigenvalue weighted by atomic mass is 31.2. The molecule has 0 aromatic heterocycles. The Morgan fingerprint density at radius 3 is 2.13 bits per heavy atom. The molecule has 0 radical (unpaired) electrons. The first-order chi connectivity index (χ1) is 7.12. The Labute approximate surface area is 88.5 Å². The quantitative estimate of drug-likeness (QED) is 0.405. The van der Waals surface area contributed by atoms with Crippen molar-refractivity contribution in [3.63, 3.8) is 0 Å². The molecule has 92 valence electrons. The number of phosphoric acid groups is 1. The summed E-state index contributed by atoms with van der Waals surface area (Å²) in [6.07, 6.45) is 0. The van der Waals surface area contributed by atoms with Crippen LogP contribution in [-0.4, -0.2) is 56.8 Å². The molecule has 0 heterocycles. The van der Waals surface area contributed by atoms with Gasteiger partial charge in [-0.2, -0.15) is 0 Å². The van der Waals surface area contributed by atoms with Crippen LogP contribution in [0.2, 0.25) is 0 Å². The van der Waals surface area contributed by atoms with E-state index in [9.17, 15) is 4.57 Å². The zero-order valence-electron chi connectivity index (χ0n) is 8.63. The molecule has 0 aromatic rings. The van der Waals surface area contributed by atoms with E-state index in [0.29, 0.717) is 13.2 Å². The predicted molar refractivity (Wildman–Crippen MR) is 51.5 cm³/mol. The molecule has 7 nitrogen and oxygen atoms in total. The Morgan fingerprint density at radius 2 is 1.60 bits per heavy atom. The van der Waals surface area contributed by atoms with Crippen molar-refractivity contribution >= 4 is 7.82 Å². The fourth-order valence-electron chi connectivity index (χ4n) is 0.651. The number of aliphatic hydroxyl groups is 1. The maximum Gasteiger partial charge on any atom is 0.471 e. The summed E-state index contributed by atoms with van der Waals surface area (Å²) in [5.41, 5.74) is 0. The summed E-state index contributed by atoms with van der Waals surface area (Å²) < 4.78 is 29.3. The van der Waals surface area contributed by atoms with Crippen LogP contribution in [-0.2, 0) is 23.1 Å². The van der Waals surface area contributed by atoms with E-state index >= 15 is 0 Å². The molecule has 0 saturated heterocycles. The fourth-order valence-corrected chi connectivity index (χ4v) is 1.06. The Kier molecular flexibility index (Phi) is 9.23. The third-order valence-electron chi connectivity index (χ3n) is 1.32. The Hall–Kier alpha value is -0.0100. The molecule has 15 heavy (non-hydrogen) atoms. The van der Waals surface area contributed by atoms with Gasteiger partial charge in [0.25, 0.3) is 0 Å². The molecule has 1 atom stereocenters. The van der Waals surface area contributed by atoms with E-state index in [4.69, 9.17) is 19.5 Å². The van der Waals surface area contributed by atoms with Gasteiger partial charge in [0.2, 0.25) is 0 Å². The molecule has 0 rings (SSSR count). The molecule has 0 aliphatic carbocycles. The maximum atomic E-state index is 10.8. The number of hydrogen-bond acceptors (Lipinski definition) is 6. The van der Waals surface area contributed by atoms with E-state index in [1.54, 1.807) is 0 Å². The van der Waals surface area contributed by atoms with Gasteiger partial charge in [-0.15, -0.1) is 0 Å². The summed E-state index contributed by atoms with van der Waals surface area (Å²) in [6.45, 7) is 1.10. The number of ether oxygens (including phenoxy) is 2. The summed E-state index contributed by atoms with van der Waals surface area (Å²) in [6, 6.07) is 0. The molecular formula is C7H17O7P. The SMILES string of the molecule is COP(=O)(O)OCCOCCOCCO. The van der Waals surface area contributed by atoms with E-state index in [1.165, 1.54) is 0 Å². The van der Waals surface area contributed by atoms with Crippen LogP contribution in [0, 0.1) is 0 Å². The van der Waals surface area contributed by atoms with Gasteiger partial charge >= 0.3 is 7.82 Å². The van der Waals surface area contributed by atoms with Crippen molar-refractivity contribution in [2.24, 2.45) is 0 Å². The van der Waals surface area contributed by atoms with Crippen molar-refractivity contribution in [3.05, 3.63) is 0 Å². The lowest BCUT2D eigenvalue weighted by Crippen LogP contribution is -2.10. The van der Waals surface area contributed by atoms with Crippen LogP contribution in [0.25, 0.3) is 0 Å². The lowest BCUT2D eigenvalue weighted by atomic mass is 10.7. The van der Waals surface area contributed by atoms with Crippen LogP contribution < -0.4 is 0 Å². The van der Waals surface area contributed by atoms with E-state index in [0.717, 1.165) is 7.11 Å². The van der Waals surface area contributed by atoms with Crippen LogP contribution in [0.5, 0.6) is 0 Å². The first-order valence-corrected chi connectivity index (χ1v) is 5.91. The van der Waals surface area contributed by atoms with Gasteiger partial charge in [0.05, 0.1) is 39.6 Å². The Bertz CT molecular complexity index is 186. The third kappa shape index (κ3) is 10.3. The fraction of sp³-hybridized carbons (Fsp3) is 1.00. The monoisotopic (exact) mass is 244 g/mol. The van der Waals surface area contributed by atoms with Gasteiger partial charge in [-0.05, 0) is 0 Å². The summed E-state index contributed by atoms with van der Waals surface area (Å²) >= 11 is 0. The van der Waals surface area contributed by atoms with Crippen LogP contribution >= 0.6 is 7.82 Å². The number of hydrogen-bond donors (Lipinski definition) is 2. The Balaban J connectivity index is 3.15. The van der Waals surface area contributed by atoms with Crippen molar-refractivity contribution in [3.8, 4) is 0 Å². The highest BCUT2D eigenvalue weighted by Gasteiger charge is 2.17. The lowest BCUT2D eigenvalue weighted by molar-refractivity contribution is 0.0210. The Morgan fingerprint density at radius 1 is 1.07 bits per heavy atom. The van der Waals surface area contributed by atoms with Gasteiger partial charge in [0.15, 0.2) is 0 Å². The van der Waals surface area contributed by atoms with Crippen molar-refractivity contribution in [1.29, 1.82) is 0 Å². The van der Waals surface area contributed by atoms with Gasteiger partial charge < -0.3 is 19.5 Å². The van der Waals surface area contributed by atoms with Crippen LogP contribution in [0.15, 0.2) is 0 Å². The topological polar surface area (TPSA) is 94.5 Å². The molecule has 1 unspecified atom stereocenters. The molecule has 8 heteroatoms. The molecule has 0 spiro atoms. The van der Waals surface area contributed by atoms with Gasteiger partial charge in [0, 0.05) is 7.11 Å². The first-order valence-electron chi connectivity index (χ1n) is 4.42. The molecule has 0 amide bonds. The van der Waals surface area contributed by atoms with Crippen LogP contribution in [0.4, 0.5) is 0 Å². The van der Waals surface area contributed by atoms with Gasteiger partial charge in [-0.3, -0.25) is 9.05 Å². The third-order valence-corrected chi connectivity index (χ3v) is 2.29. The van der Waals surface area contributed by atoms with Crippen molar-refractivity contribution in [2.75, 3.05) is 46.8 Å². The van der Waals surface area contributed by atoms with Crippen molar-refractivity contribution in [1.82, 2.24) is 0 Å². The average Bonchev–Trinajstić information content (AvgIpc) is 2.22. The average molecular weight is 244 g/mol. The van der Waals surface area contributed by atoms with E-state index in [2.05, 4.69) is 9.05 Å². The minimum absolute atomic E-state index is 0.0232. The normalized spacial score (nSPS) is 15.1. The second-order valence-electron chi connectivity index (χ2n) is 2.43. The van der Waals surface area contributed by atoms with Crippen molar-refractivity contribution < 1.29 is 33.1 Å². The zero-order valence-corrected chi connectivity index (χ0v) is 9.52. The van der Waals surface area contributed by atoms with E-state index < -0.39 is 7.82 Å². The van der Waals surface area contributed by atoms with E-state index in [1.807, 2.05) is 0 Å². The summed E-state index contributed by atoms with van der Waals surface area (Å²) in [7, 11) is -2.80. The largest absolute Gasteiger partial charge is 0.471 e. The molecule has 0 saturated carbocycles. The highest BCUT2D eigenvalue weighted by Crippen LogP contribution is 2.41. The molecular weight excluding hydrogens is 227 g/mol. The smallest absolute Gasteiger partial charge is 0.394 e. The second-order valence-corrected chi connectivity index (χ2v) is 3.99. The summed E-state index contributed by atoms with van der Waals surface area (Å²) in [5, 5.41) is 8.37. The standard InChI is InChI=1S/C7H17O7P/c1-11-15(9,10)14-7-6-13-5-4-12-3-2-8/h8H,2-7H2,1H3,(H,9,10). The number of aliphatic hydroxyl groups excluding tert-OH is 1. The molecule has 0 fully saturated rings. The lowest BCUT2D eigenvalue weighted by Gasteiger charge is -2.09. The predicted octanol–water partition coefficient (Wildman–Crippen LogP) is -0.225. The number of phosphoric ester groups is 1. The first kappa shape index (κ1) is 15.0. The second kappa shape index (κ2) is 9.23. The minimum atomic E-state index is -3.88. The molecule has 0 aliphatic rings. The van der Waals surface area contributed by atoms with Gasteiger partial charge in [-0.25, -0.2) is 4.57 Å². The highest BCUT2D eigenvalue weighted by molar-refractivity contribution is 7.47. The maximum absolute atomic E-state index is 10.8. The van der Waals surface area contributed by atoms with Gasteiger partial charge in [0.1, 0.15) is 0 Å². The summed E-state index contributed by atoms with van der Waals surface area (Å²) in [5.74, 6) is 0. The molecule has 2 N–H and O–H groups in total. The minimum Gasteiger partial charge on any atom is -0.394 e. The van der Waals surface area contributed by atoms with Gasteiger partial charge in [-0.1, -0.05) is 0 Å². The molecule has 0 aliphatic heterocycles.